The van der Waals surface area contributed by atoms with Crippen LogP contribution in [0.25, 0.3) is 0 Å². The Balaban J connectivity index is 1.92. The average molecular weight is 498 g/mol. The summed E-state index contributed by atoms with van der Waals surface area (Å²) in [6, 6.07) is 9.59. The molecule has 2 aromatic carbocycles. The summed E-state index contributed by atoms with van der Waals surface area (Å²) < 4.78 is 16.8. The first kappa shape index (κ1) is 24.9. The second-order valence-corrected chi connectivity index (χ2v) is 9.13. The highest BCUT2D eigenvalue weighted by Gasteiger charge is 2.37. The summed E-state index contributed by atoms with van der Waals surface area (Å²) in [5.41, 5.74) is -0.678. The van der Waals surface area contributed by atoms with Crippen molar-refractivity contribution in [2.75, 3.05) is 31.6 Å². The number of para-hydroxylation sites is 1. The van der Waals surface area contributed by atoms with Gasteiger partial charge >= 0.3 is 6.09 Å². The highest BCUT2D eigenvalue weighted by atomic mass is 35.5. The topological polar surface area (TPSA) is 94.4 Å². The average Bonchev–Trinajstić information content (AvgIpc) is 2.74. The van der Waals surface area contributed by atoms with Crippen LogP contribution < -0.4 is 9.64 Å². The fraction of sp³-hybridized carbons (Fsp3) is 0.409. The van der Waals surface area contributed by atoms with Crippen molar-refractivity contribution in [1.82, 2.24) is 4.90 Å². The molecule has 0 N–H and O–H groups in total. The number of nitro benzene ring substituents is 1. The molecular formula is C22H25Cl2N3O6. The van der Waals surface area contributed by atoms with Gasteiger partial charge < -0.3 is 19.1 Å². The van der Waals surface area contributed by atoms with E-state index in [4.69, 9.17) is 37.4 Å². The summed E-state index contributed by atoms with van der Waals surface area (Å²) in [7, 11) is 1.46. The third kappa shape index (κ3) is 5.79. The maximum Gasteiger partial charge on any atom is 0.412 e. The molecule has 0 bridgehead atoms. The number of piperazine rings is 1. The molecule has 178 valence electrons. The van der Waals surface area contributed by atoms with Crippen LogP contribution in [0, 0.1) is 10.1 Å². The van der Waals surface area contributed by atoms with Crippen molar-refractivity contribution in [1.29, 1.82) is 0 Å². The number of amides is 1. The smallest absolute Gasteiger partial charge is 0.412 e. The van der Waals surface area contributed by atoms with E-state index in [0.29, 0.717) is 10.8 Å². The first-order valence-corrected chi connectivity index (χ1v) is 10.9. The van der Waals surface area contributed by atoms with Crippen LogP contribution in [0.5, 0.6) is 11.5 Å². The van der Waals surface area contributed by atoms with Gasteiger partial charge in [-0.25, -0.2) is 4.79 Å². The number of carbonyl (C=O) groups excluding carboxylic acids is 1. The van der Waals surface area contributed by atoms with E-state index in [1.165, 1.54) is 24.1 Å². The number of benzene rings is 2. The molecule has 1 aliphatic rings. The Bertz CT molecular complexity index is 1040. The maximum atomic E-state index is 12.6. The van der Waals surface area contributed by atoms with Crippen molar-refractivity contribution in [3.05, 3.63) is 56.6 Å². The zero-order valence-electron chi connectivity index (χ0n) is 18.7. The molecule has 1 aliphatic heterocycles. The van der Waals surface area contributed by atoms with Crippen molar-refractivity contribution < 1.29 is 23.9 Å². The Morgan fingerprint density at radius 3 is 2.42 bits per heavy atom. The predicted octanol–water partition coefficient (Wildman–Crippen LogP) is 5.72. The van der Waals surface area contributed by atoms with Crippen LogP contribution in [0.1, 0.15) is 20.8 Å². The van der Waals surface area contributed by atoms with Gasteiger partial charge in [-0.05, 0) is 39.0 Å². The molecule has 9 nitrogen and oxygen atoms in total. The van der Waals surface area contributed by atoms with E-state index in [2.05, 4.69) is 0 Å². The van der Waals surface area contributed by atoms with Crippen LogP contribution in [0.2, 0.25) is 10.0 Å². The first-order chi connectivity index (χ1) is 15.5. The number of methoxy groups -OCH3 is 1. The minimum absolute atomic E-state index is 0.0599. The minimum atomic E-state index is -0.697. The molecule has 0 radical (unpaired) electrons. The van der Waals surface area contributed by atoms with E-state index in [0.717, 1.165) is 0 Å². The highest BCUT2D eigenvalue weighted by molar-refractivity contribution is 6.35. The van der Waals surface area contributed by atoms with Gasteiger partial charge in [0.05, 0.1) is 16.5 Å². The molecule has 0 aliphatic carbocycles. The molecule has 3 rings (SSSR count). The monoisotopic (exact) mass is 497 g/mol. The van der Waals surface area contributed by atoms with Gasteiger partial charge in [-0.3, -0.25) is 15.0 Å². The maximum absolute atomic E-state index is 12.6. The first-order valence-electron chi connectivity index (χ1n) is 10.2. The van der Waals surface area contributed by atoms with Crippen molar-refractivity contribution >= 4 is 40.7 Å². The third-order valence-corrected chi connectivity index (χ3v) is 5.54. The predicted molar refractivity (Wildman–Crippen MR) is 126 cm³/mol. The number of nitrogens with zero attached hydrogens (tertiary/aromatic N) is 3. The Kier molecular flexibility index (Phi) is 7.56. The van der Waals surface area contributed by atoms with Crippen LogP contribution in [0.4, 0.5) is 16.2 Å². The summed E-state index contributed by atoms with van der Waals surface area (Å²) in [5, 5.41) is 12.2. The number of hydrogen-bond donors (Lipinski definition) is 0. The Morgan fingerprint density at radius 2 is 1.82 bits per heavy atom. The molecule has 0 saturated carbocycles. The summed E-state index contributed by atoms with van der Waals surface area (Å²) in [6.45, 7) is 5.96. The van der Waals surface area contributed by atoms with Crippen LogP contribution in [-0.4, -0.2) is 54.5 Å². The third-order valence-electron chi connectivity index (χ3n) is 4.86. The molecular weight excluding hydrogens is 473 g/mol. The van der Waals surface area contributed by atoms with Gasteiger partial charge in [0.1, 0.15) is 27.8 Å². The lowest BCUT2D eigenvalue weighted by Crippen LogP contribution is -2.57. The van der Waals surface area contributed by atoms with Gasteiger partial charge in [-0.2, -0.15) is 0 Å². The van der Waals surface area contributed by atoms with Gasteiger partial charge in [0, 0.05) is 26.3 Å². The Morgan fingerprint density at radius 1 is 1.12 bits per heavy atom. The fourth-order valence-electron chi connectivity index (χ4n) is 3.39. The molecule has 0 unspecified atom stereocenters. The number of carbonyl (C=O) groups is 1. The lowest BCUT2D eigenvalue weighted by atomic mass is 10.2. The van der Waals surface area contributed by atoms with Crippen molar-refractivity contribution in [3.63, 3.8) is 0 Å². The Labute approximate surface area is 201 Å². The van der Waals surface area contributed by atoms with Gasteiger partial charge in [-0.15, -0.1) is 0 Å². The van der Waals surface area contributed by atoms with Gasteiger partial charge in [0.25, 0.3) is 5.69 Å². The van der Waals surface area contributed by atoms with Crippen molar-refractivity contribution in [2.24, 2.45) is 0 Å². The largest absolute Gasteiger partial charge is 0.454 e. The molecule has 1 amide bonds. The molecule has 11 heteroatoms. The number of anilines is 1. The minimum Gasteiger partial charge on any atom is -0.454 e. The van der Waals surface area contributed by atoms with Crippen molar-refractivity contribution in [3.8, 4) is 11.5 Å². The number of hydrogen-bond acceptors (Lipinski definition) is 7. The number of nitro groups is 1. The van der Waals surface area contributed by atoms with Gasteiger partial charge in [-0.1, -0.05) is 35.3 Å². The fourth-order valence-corrected chi connectivity index (χ4v) is 3.89. The number of halogens is 2. The molecule has 0 spiro atoms. The zero-order valence-corrected chi connectivity index (χ0v) is 20.2. The van der Waals surface area contributed by atoms with Crippen LogP contribution >= 0.6 is 23.2 Å². The highest BCUT2D eigenvalue weighted by Crippen LogP contribution is 2.44. The SMILES string of the molecule is CO[C@H]1CN(c2c([N+](=O)[O-])ccc(Oc3ccccc3Cl)c2Cl)CCN1C(=O)OC(C)(C)C. The van der Waals surface area contributed by atoms with E-state index < -0.39 is 22.8 Å². The van der Waals surface area contributed by atoms with Crippen LogP contribution in [0.15, 0.2) is 36.4 Å². The molecule has 1 heterocycles. The summed E-state index contributed by atoms with van der Waals surface area (Å²) in [5.74, 6) is 0.583. The second kappa shape index (κ2) is 10.0. The van der Waals surface area contributed by atoms with E-state index in [9.17, 15) is 14.9 Å². The quantitative estimate of drug-likeness (QED) is 0.384. The Hall–Kier alpha value is -2.75. The molecule has 33 heavy (non-hydrogen) atoms. The van der Waals surface area contributed by atoms with E-state index in [1.807, 2.05) is 0 Å². The standard InChI is InChI=1S/C22H25Cl2N3O6/c1-22(2,3)33-21(28)26-12-11-25(13-18(26)31-4)20-15(27(29)30)9-10-17(19(20)24)32-16-8-6-5-7-14(16)23/h5-10,18H,11-13H2,1-4H3/t18-/m0/s1. The van der Waals surface area contributed by atoms with E-state index >= 15 is 0 Å². The zero-order chi connectivity index (χ0) is 24.3. The molecule has 1 saturated heterocycles. The lowest BCUT2D eigenvalue weighted by Gasteiger charge is -2.41. The van der Waals surface area contributed by atoms with Crippen LogP contribution in [0.3, 0.4) is 0 Å². The molecule has 2 aromatic rings. The van der Waals surface area contributed by atoms with Crippen LogP contribution in [-0.2, 0) is 9.47 Å². The van der Waals surface area contributed by atoms with Crippen molar-refractivity contribution in [2.45, 2.75) is 32.6 Å². The van der Waals surface area contributed by atoms with E-state index in [-0.39, 0.29) is 41.8 Å². The number of rotatable bonds is 5. The van der Waals surface area contributed by atoms with E-state index in [1.54, 1.807) is 49.9 Å². The summed E-state index contributed by atoms with van der Waals surface area (Å²) >= 11 is 12.8. The summed E-state index contributed by atoms with van der Waals surface area (Å²) in [6.07, 6.45) is -1.22. The molecule has 0 aromatic heterocycles. The van der Waals surface area contributed by atoms with Gasteiger partial charge in [0.15, 0.2) is 6.23 Å². The van der Waals surface area contributed by atoms with Gasteiger partial charge in [0.2, 0.25) is 0 Å². The molecule has 1 atom stereocenters. The number of ether oxygens (including phenoxy) is 3. The molecule has 1 fully saturated rings. The second-order valence-electron chi connectivity index (χ2n) is 8.35. The normalized spacial score (nSPS) is 16.5. The lowest BCUT2D eigenvalue weighted by molar-refractivity contribution is -0.384. The summed E-state index contributed by atoms with van der Waals surface area (Å²) in [4.78, 5) is 27.0.